The van der Waals surface area contributed by atoms with Crippen LogP contribution >= 0.6 is 27.5 Å². The van der Waals surface area contributed by atoms with E-state index in [-0.39, 0.29) is 11.9 Å². The van der Waals surface area contributed by atoms with Crippen molar-refractivity contribution in [2.24, 2.45) is 5.73 Å². The molecule has 0 aliphatic carbocycles. The zero-order chi connectivity index (χ0) is 14.0. The van der Waals surface area contributed by atoms with Gasteiger partial charge in [0.1, 0.15) is 5.82 Å². The first-order chi connectivity index (χ1) is 8.97. The molecule has 1 atom stereocenters. The Morgan fingerprint density at radius 2 is 2.00 bits per heavy atom. The molecule has 0 spiro atoms. The van der Waals surface area contributed by atoms with Crippen molar-refractivity contribution in [2.75, 3.05) is 0 Å². The Bertz CT molecular complexity index is 601. The molecule has 0 saturated heterocycles. The minimum Gasteiger partial charge on any atom is -0.324 e. The summed E-state index contributed by atoms with van der Waals surface area (Å²) in [7, 11) is 0. The van der Waals surface area contributed by atoms with Crippen LogP contribution in [0.15, 0.2) is 40.9 Å². The molecule has 0 saturated carbocycles. The Morgan fingerprint density at radius 1 is 1.26 bits per heavy atom. The van der Waals surface area contributed by atoms with Gasteiger partial charge in [-0.25, -0.2) is 4.39 Å². The molecule has 0 heterocycles. The maximum Gasteiger partial charge on any atom is 0.127 e. The summed E-state index contributed by atoms with van der Waals surface area (Å²) in [6.45, 7) is 1.93. The van der Waals surface area contributed by atoms with E-state index < -0.39 is 0 Å². The summed E-state index contributed by atoms with van der Waals surface area (Å²) in [4.78, 5) is 0. The van der Waals surface area contributed by atoms with Crippen LogP contribution in [0.1, 0.15) is 22.7 Å². The molecule has 1 nitrogen and oxygen atoms in total. The van der Waals surface area contributed by atoms with Gasteiger partial charge in [-0.2, -0.15) is 0 Å². The molecule has 0 aliphatic rings. The number of hydrogen-bond acceptors (Lipinski definition) is 1. The van der Waals surface area contributed by atoms with Gasteiger partial charge in [-0.3, -0.25) is 0 Å². The Labute approximate surface area is 125 Å². The highest BCUT2D eigenvalue weighted by atomic mass is 79.9. The second-order valence-electron chi connectivity index (χ2n) is 4.55. The maximum atomic E-state index is 13.8. The van der Waals surface area contributed by atoms with Crippen molar-refractivity contribution < 1.29 is 4.39 Å². The van der Waals surface area contributed by atoms with Crippen molar-refractivity contribution in [1.29, 1.82) is 0 Å². The van der Waals surface area contributed by atoms with Crippen LogP contribution < -0.4 is 5.73 Å². The summed E-state index contributed by atoms with van der Waals surface area (Å²) < 4.78 is 14.5. The van der Waals surface area contributed by atoms with Gasteiger partial charge >= 0.3 is 0 Å². The van der Waals surface area contributed by atoms with Gasteiger partial charge in [0.2, 0.25) is 0 Å². The Balaban J connectivity index is 2.20. The third-order valence-electron chi connectivity index (χ3n) is 3.07. The molecule has 2 aromatic carbocycles. The number of aryl methyl sites for hydroxylation is 1. The monoisotopic (exact) mass is 341 g/mol. The predicted octanol–water partition coefficient (Wildman–Crippen LogP) is 4.79. The lowest BCUT2D eigenvalue weighted by molar-refractivity contribution is 0.592. The molecule has 0 bridgehead atoms. The van der Waals surface area contributed by atoms with Crippen LogP contribution in [0, 0.1) is 12.7 Å². The van der Waals surface area contributed by atoms with Crippen LogP contribution in [0.5, 0.6) is 0 Å². The number of halogens is 3. The van der Waals surface area contributed by atoms with Gasteiger partial charge < -0.3 is 5.73 Å². The van der Waals surface area contributed by atoms with Gasteiger partial charge in [0, 0.05) is 15.5 Å². The van der Waals surface area contributed by atoms with Crippen molar-refractivity contribution in [3.05, 3.63) is 68.4 Å². The molecule has 2 rings (SSSR count). The predicted molar refractivity (Wildman–Crippen MR) is 80.9 cm³/mol. The van der Waals surface area contributed by atoms with Gasteiger partial charge in [-0.1, -0.05) is 45.7 Å². The van der Waals surface area contributed by atoms with Crippen LogP contribution in [-0.4, -0.2) is 0 Å². The van der Waals surface area contributed by atoms with Crippen molar-refractivity contribution in [2.45, 2.75) is 19.4 Å². The van der Waals surface area contributed by atoms with Crippen LogP contribution in [0.4, 0.5) is 4.39 Å². The zero-order valence-corrected chi connectivity index (χ0v) is 12.8. The van der Waals surface area contributed by atoms with Crippen molar-refractivity contribution >= 4 is 27.5 Å². The molecule has 0 amide bonds. The number of rotatable bonds is 3. The van der Waals surface area contributed by atoms with Gasteiger partial charge in [-0.15, -0.1) is 0 Å². The summed E-state index contributed by atoms with van der Waals surface area (Å²) in [6.07, 6.45) is 0.459. The fourth-order valence-corrected chi connectivity index (χ4v) is 2.39. The molecule has 2 aromatic rings. The summed E-state index contributed by atoms with van der Waals surface area (Å²) >= 11 is 9.22. The van der Waals surface area contributed by atoms with E-state index in [1.807, 2.05) is 31.2 Å². The third-order valence-corrected chi connectivity index (χ3v) is 3.98. The van der Waals surface area contributed by atoms with E-state index >= 15 is 0 Å². The summed E-state index contributed by atoms with van der Waals surface area (Å²) in [5, 5.41) is 0.714. The molecule has 100 valence electrons. The maximum absolute atomic E-state index is 13.8. The van der Waals surface area contributed by atoms with Crippen LogP contribution in [0.3, 0.4) is 0 Å². The second kappa shape index (κ2) is 6.04. The minimum absolute atomic E-state index is 0.240. The highest BCUT2D eigenvalue weighted by Crippen LogP contribution is 2.24. The first kappa shape index (κ1) is 14.5. The van der Waals surface area contributed by atoms with Gasteiger partial charge in [0.05, 0.1) is 0 Å². The van der Waals surface area contributed by atoms with E-state index in [4.69, 9.17) is 17.3 Å². The molecule has 4 heteroatoms. The van der Waals surface area contributed by atoms with Crippen LogP contribution in [0.2, 0.25) is 5.02 Å². The topological polar surface area (TPSA) is 26.0 Å². The molecule has 0 radical (unpaired) electrons. The summed E-state index contributed by atoms with van der Waals surface area (Å²) in [5.41, 5.74) is 8.69. The average molecular weight is 343 g/mol. The lowest BCUT2D eigenvalue weighted by atomic mass is 9.98. The van der Waals surface area contributed by atoms with E-state index in [9.17, 15) is 4.39 Å². The highest BCUT2D eigenvalue weighted by Gasteiger charge is 2.11. The van der Waals surface area contributed by atoms with Crippen LogP contribution in [0.25, 0.3) is 0 Å². The van der Waals surface area contributed by atoms with Gasteiger partial charge in [-0.05, 0) is 48.2 Å². The number of nitrogens with two attached hydrogens (primary N) is 1. The number of hydrogen-bond donors (Lipinski definition) is 1. The van der Waals surface area contributed by atoms with E-state index in [2.05, 4.69) is 15.9 Å². The molecule has 2 N–H and O–H groups in total. The zero-order valence-electron chi connectivity index (χ0n) is 10.5. The summed E-state index contributed by atoms with van der Waals surface area (Å²) in [6, 6.07) is 10.4. The normalized spacial score (nSPS) is 12.5. The Kier molecular flexibility index (Phi) is 4.61. The Morgan fingerprint density at radius 3 is 2.63 bits per heavy atom. The molecule has 1 unspecified atom stereocenters. The fraction of sp³-hybridized carbons (Fsp3) is 0.200. The summed E-state index contributed by atoms with van der Waals surface area (Å²) in [5.74, 6) is -0.240. The minimum atomic E-state index is -0.244. The average Bonchev–Trinajstić information content (AvgIpc) is 2.36. The largest absolute Gasteiger partial charge is 0.324 e. The highest BCUT2D eigenvalue weighted by molar-refractivity contribution is 9.10. The van der Waals surface area contributed by atoms with E-state index in [0.29, 0.717) is 17.0 Å². The molecular formula is C15H14BrClFN. The SMILES string of the molecule is Cc1cc(C(N)Cc2ccc(Br)cc2F)ccc1Cl. The standard InChI is InChI=1S/C15H14BrClFN/c1-9-6-11(3-5-13(9)17)15(19)7-10-2-4-12(16)8-14(10)18/h2-6,8,15H,7,19H2,1H3. The lowest BCUT2D eigenvalue weighted by Crippen LogP contribution is -2.14. The first-order valence-corrected chi connectivity index (χ1v) is 7.10. The van der Waals surface area contributed by atoms with Crippen molar-refractivity contribution in [1.82, 2.24) is 0 Å². The van der Waals surface area contributed by atoms with Gasteiger partial charge in [0.25, 0.3) is 0 Å². The molecule has 19 heavy (non-hydrogen) atoms. The van der Waals surface area contributed by atoms with E-state index in [1.165, 1.54) is 6.07 Å². The molecule has 0 aromatic heterocycles. The van der Waals surface area contributed by atoms with E-state index in [0.717, 1.165) is 15.6 Å². The second-order valence-corrected chi connectivity index (χ2v) is 5.88. The third kappa shape index (κ3) is 3.56. The molecule has 0 aliphatic heterocycles. The van der Waals surface area contributed by atoms with Crippen LogP contribution in [-0.2, 0) is 6.42 Å². The quantitative estimate of drug-likeness (QED) is 0.852. The number of benzene rings is 2. The lowest BCUT2D eigenvalue weighted by Gasteiger charge is -2.14. The van der Waals surface area contributed by atoms with E-state index in [1.54, 1.807) is 6.07 Å². The Hall–Kier alpha value is -0.900. The molecule has 0 fully saturated rings. The first-order valence-electron chi connectivity index (χ1n) is 5.93. The smallest absolute Gasteiger partial charge is 0.127 e. The van der Waals surface area contributed by atoms with Crippen molar-refractivity contribution in [3.8, 4) is 0 Å². The van der Waals surface area contributed by atoms with Gasteiger partial charge in [0.15, 0.2) is 0 Å². The molecular weight excluding hydrogens is 329 g/mol. The van der Waals surface area contributed by atoms with Crippen molar-refractivity contribution in [3.63, 3.8) is 0 Å². The fourth-order valence-electron chi connectivity index (χ4n) is 1.94.